The standard InChI is InChI=1S/C8H16BrN/c1-10(6-5-9)7-8-3-2-4-8/h8H,2-7H2,1H3. The lowest BCUT2D eigenvalue weighted by molar-refractivity contribution is 0.213. The minimum Gasteiger partial charge on any atom is -0.305 e. The molecule has 0 amide bonds. The number of alkyl halides is 1. The third kappa shape index (κ3) is 2.59. The van der Waals surface area contributed by atoms with Crippen molar-refractivity contribution in [3.8, 4) is 0 Å². The van der Waals surface area contributed by atoms with Gasteiger partial charge >= 0.3 is 0 Å². The Morgan fingerprint density at radius 3 is 2.60 bits per heavy atom. The van der Waals surface area contributed by atoms with Crippen LogP contribution in [0.25, 0.3) is 0 Å². The summed E-state index contributed by atoms with van der Waals surface area (Å²) in [6.45, 7) is 2.50. The van der Waals surface area contributed by atoms with E-state index in [0.717, 1.165) is 11.2 Å². The normalized spacial score (nSPS) is 19.5. The molecule has 1 rings (SSSR count). The number of hydrogen-bond acceptors (Lipinski definition) is 1. The lowest BCUT2D eigenvalue weighted by Gasteiger charge is -2.29. The van der Waals surface area contributed by atoms with Gasteiger partial charge in [0, 0.05) is 18.4 Å². The molecular formula is C8H16BrN. The molecule has 0 N–H and O–H groups in total. The molecule has 0 radical (unpaired) electrons. The molecule has 0 aliphatic heterocycles. The second-order valence-electron chi connectivity index (χ2n) is 3.25. The summed E-state index contributed by atoms with van der Waals surface area (Å²) in [5.41, 5.74) is 0. The van der Waals surface area contributed by atoms with Gasteiger partial charge in [-0.05, 0) is 25.8 Å². The highest BCUT2D eigenvalue weighted by atomic mass is 79.9. The van der Waals surface area contributed by atoms with E-state index in [2.05, 4.69) is 27.9 Å². The smallest absolute Gasteiger partial charge is 0.0159 e. The minimum absolute atomic E-state index is 1.02. The van der Waals surface area contributed by atoms with Crippen LogP contribution in [0.4, 0.5) is 0 Å². The maximum atomic E-state index is 3.44. The molecule has 0 aromatic rings. The van der Waals surface area contributed by atoms with E-state index in [-0.39, 0.29) is 0 Å². The van der Waals surface area contributed by atoms with Crippen molar-refractivity contribution >= 4 is 15.9 Å². The molecule has 1 fully saturated rings. The van der Waals surface area contributed by atoms with Crippen molar-refractivity contribution in [1.29, 1.82) is 0 Å². The maximum Gasteiger partial charge on any atom is 0.0159 e. The molecule has 0 heterocycles. The highest BCUT2D eigenvalue weighted by Gasteiger charge is 2.18. The predicted molar refractivity (Wildman–Crippen MR) is 48.6 cm³/mol. The molecule has 0 unspecified atom stereocenters. The van der Waals surface area contributed by atoms with Crippen molar-refractivity contribution in [3.63, 3.8) is 0 Å². The Kier molecular flexibility index (Phi) is 3.71. The molecule has 1 nitrogen and oxygen atoms in total. The van der Waals surface area contributed by atoms with Crippen LogP contribution < -0.4 is 0 Å². The Morgan fingerprint density at radius 2 is 2.20 bits per heavy atom. The van der Waals surface area contributed by atoms with Crippen LogP contribution in [0, 0.1) is 5.92 Å². The first-order chi connectivity index (χ1) is 4.83. The Morgan fingerprint density at radius 1 is 1.50 bits per heavy atom. The Labute approximate surface area is 71.9 Å². The zero-order valence-corrected chi connectivity index (χ0v) is 8.23. The summed E-state index contributed by atoms with van der Waals surface area (Å²) in [5, 5.41) is 1.11. The topological polar surface area (TPSA) is 3.24 Å². The van der Waals surface area contributed by atoms with Crippen LogP contribution in [-0.2, 0) is 0 Å². The molecule has 10 heavy (non-hydrogen) atoms. The maximum absolute atomic E-state index is 3.44. The second kappa shape index (κ2) is 4.35. The van der Waals surface area contributed by atoms with E-state index in [0.29, 0.717) is 0 Å². The average molecular weight is 206 g/mol. The molecule has 0 atom stereocenters. The van der Waals surface area contributed by atoms with Crippen LogP contribution in [-0.4, -0.2) is 30.4 Å². The Hall–Kier alpha value is 0.440. The third-order valence-electron chi connectivity index (χ3n) is 2.26. The zero-order valence-electron chi connectivity index (χ0n) is 6.65. The van der Waals surface area contributed by atoms with Crippen LogP contribution in [0.5, 0.6) is 0 Å². The molecule has 0 aromatic carbocycles. The van der Waals surface area contributed by atoms with Crippen LogP contribution >= 0.6 is 15.9 Å². The average Bonchev–Trinajstić information content (AvgIpc) is 1.80. The fourth-order valence-corrected chi connectivity index (χ4v) is 1.96. The predicted octanol–water partition coefficient (Wildman–Crippen LogP) is 2.11. The van der Waals surface area contributed by atoms with Crippen LogP contribution in [0.15, 0.2) is 0 Å². The van der Waals surface area contributed by atoms with E-state index in [1.165, 1.54) is 32.4 Å². The SMILES string of the molecule is CN(CCBr)CC1CCC1. The molecule has 0 aromatic heterocycles. The van der Waals surface area contributed by atoms with Crippen molar-refractivity contribution < 1.29 is 0 Å². The van der Waals surface area contributed by atoms with E-state index >= 15 is 0 Å². The van der Waals surface area contributed by atoms with Crippen molar-refractivity contribution in [2.24, 2.45) is 5.92 Å². The monoisotopic (exact) mass is 205 g/mol. The number of nitrogens with zero attached hydrogens (tertiary/aromatic N) is 1. The van der Waals surface area contributed by atoms with Gasteiger partial charge in [-0.2, -0.15) is 0 Å². The molecule has 1 aliphatic carbocycles. The first kappa shape index (κ1) is 8.54. The van der Waals surface area contributed by atoms with Crippen LogP contribution in [0.1, 0.15) is 19.3 Å². The summed E-state index contributed by atoms with van der Waals surface area (Å²) in [7, 11) is 2.21. The number of halogens is 1. The molecule has 1 saturated carbocycles. The van der Waals surface area contributed by atoms with Gasteiger partial charge in [-0.3, -0.25) is 0 Å². The van der Waals surface area contributed by atoms with Crippen molar-refractivity contribution in [3.05, 3.63) is 0 Å². The van der Waals surface area contributed by atoms with Gasteiger partial charge in [0.1, 0.15) is 0 Å². The molecule has 0 bridgehead atoms. The van der Waals surface area contributed by atoms with Crippen LogP contribution in [0.2, 0.25) is 0 Å². The number of hydrogen-bond donors (Lipinski definition) is 0. The summed E-state index contributed by atoms with van der Waals surface area (Å²) >= 11 is 3.44. The Balaban J connectivity index is 1.99. The van der Waals surface area contributed by atoms with Gasteiger partial charge in [0.2, 0.25) is 0 Å². The van der Waals surface area contributed by atoms with Crippen molar-refractivity contribution in [2.75, 3.05) is 25.5 Å². The highest BCUT2D eigenvalue weighted by Crippen LogP contribution is 2.26. The quantitative estimate of drug-likeness (QED) is 0.637. The lowest BCUT2D eigenvalue weighted by atomic mass is 9.85. The lowest BCUT2D eigenvalue weighted by Crippen LogP contribution is -2.30. The molecular weight excluding hydrogens is 190 g/mol. The van der Waals surface area contributed by atoms with Gasteiger partial charge in [-0.25, -0.2) is 0 Å². The first-order valence-corrected chi connectivity index (χ1v) is 5.19. The Bertz CT molecular complexity index is 91.3. The third-order valence-corrected chi connectivity index (χ3v) is 2.62. The van der Waals surface area contributed by atoms with E-state index in [4.69, 9.17) is 0 Å². The molecule has 0 saturated heterocycles. The van der Waals surface area contributed by atoms with Gasteiger partial charge in [-0.15, -0.1) is 0 Å². The van der Waals surface area contributed by atoms with E-state index in [1.54, 1.807) is 0 Å². The fraction of sp³-hybridized carbons (Fsp3) is 1.00. The molecule has 60 valence electrons. The summed E-state index contributed by atoms with van der Waals surface area (Å²) in [5.74, 6) is 1.02. The summed E-state index contributed by atoms with van der Waals surface area (Å²) < 4.78 is 0. The van der Waals surface area contributed by atoms with Gasteiger partial charge in [0.05, 0.1) is 0 Å². The van der Waals surface area contributed by atoms with Crippen molar-refractivity contribution in [1.82, 2.24) is 4.90 Å². The first-order valence-electron chi connectivity index (χ1n) is 4.07. The molecule has 0 spiro atoms. The molecule has 1 aliphatic rings. The fourth-order valence-electron chi connectivity index (χ4n) is 1.35. The minimum atomic E-state index is 1.02. The zero-order chi connectivity index (χ0) is 7.40. The van der Waals surface area contributed by atoms with Crippen LogP contribution in [0.3, 0.4) is 0 Å². The van der Waals surface area contributed by atoms with Gasteiger partial charge in [0.15, 0.2) is 0 Å². The van der Waals surface area contributed by atoms with Gasteiger partial charge < -0.3 is 4.90 Å². The summed E-state index contributed by atoms with van der Waals surface area (Å²) in [6.07, 6.45) is 4.39. The van der Waals surface area contributed by atoms with Gasteiger partial charge in [-0.1, -0.05) is 22.4 Å². The number of rotatable bonds is 4. The van der Waals surface area contributed by atoms with E-state index < -0.39 is 0 Å². The summed E-state index contributed by atoms with van der Waals surface area (Å²) in [6, 6.07) is 0. The summed E-state index contributed by atoms with van der Waals surface area (Å²) in [4.78, 5) is 2.42. The second-order valence-corrected chi connectivity index (χ2v) is 4.04. The largest absolute Gasteiger partial charge is 0.305 e. The molecule has 2 heteroatoms. The highest BCUT2D eigenvalue weighted by molar-refractivity contribution is 9.09. The van der Waals surface area contributed by atoms with Gasteiger partial charge in [0.25, 0.3) is 0 Å². The van der Waals surface area contributed by atoms with E-state index in [1.807, 2.05) is 0 Å². The van der Waals surface area contributed by atoms with E-state index in [9.17, 15) is 0 Å². The van der Waals surface area contributed by atoms with Crippen molar-refractivity contribution in [2.45, 2.75) is 19.3 Å².